The molecule has 0 saturated carbocycles. The average molecular weight is 343 g/mol. The summed E-state index contributed by atoms with van der Waals surface area (Å²) < 4.78 is 0. The first-order valence-electron chi connectivity index (χ1n) is 10.1. The molecule has 0 nitrogen and oxygen atoms in total. The fraction of sp³-hybridized carbons (Fsp3) is 0.385. The van der Waals surface area contributed by atoms with Crippen LogP contribution in [0.1, 0.15) is 58.6 Å². The van der Waals surface area contributed by atoms with Crippen molar-refractivity contribution in [2.75, 3.05) is 0 Å². The Morgan fingerprint density at radius 1 is 1.08 bits per heavy atom. The maximum Gasteiger partial charge on any atom is 0.0143 e. The molecule has 0 aliphatic heterocycles. The number of aryl methyl sites for hydroxylation is 2. The van der Waals surface area contributed by atoms with Crippen molar-refractivity contribution in [3.63, 3.8) is 0 Å². The van der Waals surface area contributed by atoms with E-state index in [1.165, 1.54) is 43.9 Å². The quantitative estimate of drug-likeness (QED) is 0.685. The van der Waals surface area contributed by atoms with Crippen LogP contribution in [0.15, 0.2) is 58.2 Å². The molecule has 1 aromatic carbocycles. The SMILES string of the molecule is CCc1cc(C)c2c(c1)=CC1=C(C3=CC=CC3)C(C)(CC)C(C)=C(C)C=21. The van der Waals surface area contributed by atoms with Gasteiger partial charge >= 0.3 is 0 Å². The van der Waals surface area contributed by atoms with E-state index in [9.17, 15) is 0 Å². The lowest BCUT2D eigenvalue weighted by Gasteiger charge is -2.40. The molecule has 0 aromatic heterocycles. The lowest BCUT2D eigenvalue weighted by atomic mass is 9.63. The summed E-state index contributed by atoms with van der Waals surface area (Å²) in [5.74, 6) is 0. The zero-order valence-corrected chi connectivity index (χ0v) is 17.1. The van der Waals surface area contributed by atoms with Gasteiger partial charge < -0.3 is 0 Å². The van der Waals surface area contributed by atoms with E-state index in [0.29, 0.717) is 0 Å². The summed E-state index contributed by atoms with van der Waals surface area (Å²) in [4.78, 5) is 0. The van der Waals surface area contributed by atoms with E-state index in [0.717, 1.165) is 19.3 Å². The first kappa shape index (κ1) is 17.3. The van der Waals surface area contributed by atoms with Crippen LogP contribution >= 0.6 is 0 Å². The van der Waals surface area contributed by atoms with Crippen LogP contribution in [-0.4, -0.2) is 0 Å². The summed E-state index contributed by atoms with van der Waals surface area (Å²) in [6.07, 6.45) is 12.6. The molecule has 0 heteroatoms. The van der Waals surface area contributed by atoms with Crippen LogP contribution in [0.3, 0.4) is 0 Å². The normalized spacial score (nSPS) is 24.1. The Morgan fingerprint density at radius 3 is 2.46 bits per heavy atom. The predicted molar refractivity (Wildman–Crippen MR) is 113 cm³/mol. The number of rotatable bonds is 3. The molecule has 134 valence electrons. The highest BCUT2D eigenvalue weighted by molar-refractivity contribution is 5.95. The van der Waals surface area contributed by atoms with Crippen molar-refractivity contribution >= 4 is 11.6 Å². The van der Waals surface area contributed by atoms with Crippen LogP contribution in [0.25, 0.3) is 11.6 Å². The Hall–Kier alpha value is -2.08. The van der Waals surface area contributed by atoms with E-state index in [1.807, 2.05) is 0 Å². The van der Waals surface area contributed by atoms with Crippen LogP contribution in [-0.2, 0) is 6.42 Å². The minimum atomic E-state index is 0.126. The molecule has 0 N–H and O–H groups in total. The Balaban J connectivity index is 2.15. The molecular weight excluding hydrogens is 312 g/mol. The zero-order chi connectivity index (χ0) is 18.6. The second-order valence-corrected chi connectivity index (χ2v) is 8.30. The van der Waals surface area contributed by atoms with E-state index in [1.54, 1.807) is 11.1 Å². The van der Waals surface area contributed by atoms with E-state index in [4.69, 9.17) is 0 Å². The summed E-state index contributed by atoms with van der Waals surface area (Å²) in [5.41, 5.74) is 12.1. The summed E-state index contributed by atoms with van der Waals surface area (Å²) in [7, 11) is 0. The van der Waals surface area contributed by atoms with Crippen LogP contribution in [0.5, 0.6) is 0 Å². The maximum atomic E-state index is 2.48. The first-order valence-corrected chi connectivity index (χ1v) is 10.1. The molecule has 0 fully saturated rings. The molecule has 0 spiro atoms. The average Bonchev–Trinajstić information content (AvgIpc) is 3.28. The van der Waals surface area contributed by atoms with Crippen molar-refractivity contribution < 1.29 is 0 Å². The van der Waals surface area contributed by atoms with Gasteiger partial charge in [-0.2, -0.15) is 0 Å². The van der Waals surface area contributed by atoms with Gasteiger partial charge in [0.05, 0.1) is 0 Å². The van der Waals surface area contributed by atoms with E-state index in [2.05, 4.69) is 78.0 Å². The molecule has 0 amide bonds. The Kier molecular flexibility index (Phi) is 3.99. The second kappa shape index (κ2) is 5.98. The van der Waals surface area contributed by atoms with Crippen molar-refractivity contribution in [1.82, 2.24) is 0 Å². The molecule has 3 aliphatic rings. The van der Waals surface area contributed by atoms with Crippen LogP contribution in [0, 0.1) is 12.3 Å². The fourth-order valence-corrected chi connectivity index (χ4v) is 5.19. The van der Waals surface area contributed by atoms with Gasteiger partial charge in [0, 0.05) is 5.41 Å². The number of allylic oxidation sites excluding steroid dienone is 8. The topological polar surface area (TPSA) is 0 Å². The van der Waals surface area contributed by atoms with E-state index in [-0.39, 0.29) is 5.41 Å². The smallest absolute Gasteiger partial charge is 0.0143 e. The van der Waals surface area contributed by atoms with Gasteiger partial charge in [0.15, 0.2) is 0 Å². The lowest BCUT2D eigenvalue weighted by Crippen LogP contribution is -2.30. The molecule has 1 aromatic rings. The Bertz CT molecular complexity index is 1050. The molecular formula is C26H30. The summed E-state index contributed by atoms with van der Waals surface area (Å²) in [6.45, 7) is 14.0. The first-order chi connectivity index (χ1) is 12.4. The van der Waals surface area contributed by atoms with Crippen molar-refractivity contribution in [3.05, 3.63) is 79.8 Å². The monoisotopic (exact) mass is 342 g/mol. The van der Waals surface area contributed by atoms with Gasteiger partial charge in [-0.1, -0.05) is 56.7 Å². The van der Waals surface area contributed by atoms with Crippen LogP contribution in [0.2, 0.25) is 0 Å². The molecule has 0 bridgehead atoms. The van der Waals surface area contributed by atoms with Gasteiger partial charge in [-0.15, -0.1) is 0 Å². The van der Waals surface area contributed by atoms with Gasteiger partial charge in [-0.25, -0.2) is 0 Å². The molecule has 1 atom stereocenters. The van der Waals surface area contributed by atoms with Gasteiger partial charge in [-0.3, -0.25) is 0 Å². The number of fused-ring (bicyclic) bond motifs is 2. The second-order valence-electron chi connectivity index (χ2n) is 8.30. The predicted octanol–water partition coefficient (Wildman–Crippen LogP) is 5.45. The highest BCUT2D eigenvalue weighted by atomic mass is 14.4. The van der Waals surface area contributed by atoms with Crippen molar-refractivity contribution in [3.8, 4) is 0 Å². The molecule has 1 unspecified atom stereocenters. The fourth-order valence-electron chi connectivity index (χ4n) is 5.19. The summed E-state index contributed by atoms with van der Waals surface area (Å²) >= 11 is 0. The highest BCUT2D eigenvalue weighted by Crippen LogP contribution is 2.53. The molecule has 0 heterocycles. The van der Waals surface area contributed by atoms with Gasteiger partial charge in [0.25, 0.3) is 0 Å². The number of hydrogen-bond acceptors (Lipinski definition) is 0. The van der Waals surface area contributed by atoms with Crippen LogP contribution < -0.4 is 10.4 Å². The molecule has 4 rings (SSSR count). The van der Waals surface area contributed by atoms with Crippen molar-refractivity contribution in [1.29, 1.82) is 0 Å². The van der Waals surface area contributed by atoms with Crippen LogP contribution in [0.4, 0.5) is 0 Å². The molecule has 0 radical (unpaired) electrons. The zero-order valence-electron chi connectivity index (χ0n) is 17.1. The molecule has 26 heavy (non-hydrogen) atoms. The maximum absolute atomic E-state index is 2.48. The number of hydrogen-bond donors (Lipinski definition) is 0. The highest BCUT2D eigenvalue weighted by Gasteiger charge is 2.39. The van der Waals surface area contributed by atoms with Gasteiger partial charge in [0.2, 0.25) is 0 Å². The minimum Gasteiger partial charge on any atom is -0.0801 e. The molecule has 0 saturated heterocycles. The summed E-state index contributed by atoms with van der Waals surface area (Å²) in [6, 6.07) is 4.79. The van der Waals surface area contributed by atoms with E-state index >= 15 is 0 Å². The van der Waals surface area contributed by atoms with E-state index < -0.39 is 0 Å². The Labute approximate surface area is 158 Å². The Morgan fingerprint density at radius 2 is 1.85 bits per heavy atom. The van der Waals surface area contributed by atoms with Crippen molar-refractivity contribution in [2.45, 2.75) is 60.8 Å². The van der Waals surface area contributed by atoms with Crippen molar-refractivity contribution in [2.24, 2.45) is 5.41 Å². The third kappa shape index (κ3) is 2.21. The number of benzene rings is 1. The standard InChI is InChI=1S/C26H30/c1-7-19-13-16(3)23-21(14-19)15-22-24(23)17(4)18(5)26(6,8-2)25(22)20-11-9-10-12-20/h9-11,13-15H,7-8,12H2,1-6H3. The summed E-state index contributed by atoms with van der Waals surface area (Å²) in [5, 5.41) is 2.89. The molecule has 3 aliphatic carbocycles. The third-order valence-corrected chi connectivity index (χ3v) is 7.04. The van der Waals surface area contributed by atoms with Gasteiger partial charge in [0.1, 0.15) is 0 Å². The minimum absolute atomic E-state index is 0.126. The van der Waals surface area contributed by atoms with Gasteiger partial charge in [-0.05, 0) is 95.5 Å². The lowest BCUT2D eigenvalue weighted by molar-refractivity contribution is 0.457. The largest absolute Gasteiger partial charge is 0.0801 e. The third-order valence-electron chi connectivity index (χ3n) is 7.04.